The predicted molar refractivity (Wildman–Crippen MR) is 179 cm³/mol. The van der Waals surface area contributed by atoms with E-state index in [4.69, 9.17) is 4.98 Å². The number of aromatic nitrogens is 3. The van der Waals surface area contributed by atoms with Crippen LogP contribution in [0.5, 0.6) is 0 Å². The van der Waals surface area contributed by atoms with E-state index in [9.17, 15) is 9.59 Å². The van der Waals surface area contributed by atoms with Crippen molar-refractivity contribution in [1.82, 2.24) is 24.3 Å². The Morgan fingerprint density at radius 2 is 1.58 bits per heavy atom. The highest BCUT2D eigenvalue weighted by molar-refractivity contribution is 5.95. The number of H-pyrrole nitrogens is 1. The lowest BCUT2D eigenvalue weighted by Crippen LogP contribution is -2.49. The number of aromatic amines is 1. The Labute approximate surface area is 263 Å². The number of carbonyl (C=O) groups is 1. The van der Waals surface area contributed by atoms with Gasteiger partial charge >= 0.3 is 0 Å². The quantitative estimate of drug-likeness (QED) is 0.238. The van der Waals surface area contributed by atoms with Crippen molar-refractivity contribution in [2.24, 2.45) is 0 Å². The first-order valence-electron chi connectivity index (χ1n) is 16.7. The predicted octanol–water partition coefficient (Wildman–Crippen LogP) is 6.62. The summed E-state index contributed by atoms with van der Waals surface area (Å²) in [7, 11) is 0. The SMILES string of the molecule is Cc1nc2ccccc2n1[C@H]1C[C@H]2CC[C@@H](C1)N2CCC1(c2ccccc2)CCN(C(=O)c2cc(=O)c3ccccc3[nH]2)CC1. The van der Waals surface area contributed by atoms with Crippen LogP contribution in [0.2, 0.25) is 0 Å². The molecule has 3 fully saturated rings. The molecule has 5 aromatic rings. The lowest BCUT2D eigenvalue weighted by atomic mass is 9.70. The molecule has 7 heteroatoms. The van der Waals surface area contributed by atoms with E-state index in [1.807, 2.05) is 23.1 Å². The summed E-state index contributed by atoms with van der Waals surface area (Å²) in [5.41, 5.74) is 4.76. The zero-order chi connectivity index (χ0) is 30.5. The molecule has 3 aromatic carbocycles. The van der Waals surface area contributed by atoms with Crippen molar-refractivity contribution in [3.8, 4) is 0 Å². The van der Waals surface area contributed by atoms with Crippen LogP contribution in [0, 0.1) is 6.92 Å². The molecule has 8 rings (SSSR count). The standard InChI is InChI=1S/C38H41N5O2/c1-26-39-33-13-7-8-14-35(33)43(26)30-23-28-15-16-29(24-30)42(28)22-19-38(27-9-3-2-4-10-27)17-20-41(21-18-38)37(45)34-25-36(44)31-11-5-6-12-32(31)40-34/h2-14,25,28-30H,15-24H2,1H3,(H,40,44)/t28-,29+,30+. The molecule has 1 N–H and O–H groups in total. The number of rotatable bonds is 6. The number of nitrogens with one attached hydrogen (secondary N) is 1. The van der Waals surface area contributed by atoms with Gasteiger partial charge in [0.15, 0.2) is 5.43 Å². The second-order valence-electron chi connectivity index (χ2n) is 13.5. The molecule has 3 saturated heterocycles. The number of hydrogen-bond acceptors (Lipinski definition) is 4. The van der Waals surface area contributed by atoms with E-state index in [1.165, 1.54) is 42.8 Å². The number of likely N-dealkylation sites (tertiary alicyclic amines) is 1. The Morgan fingerprint density at radius 3 is 2.36 bits per heavy atom. The van der Waals surface area contributed by atoms with Crippen LogP contribution in [0.15, 0.2) is 89.7 Å². The van der Waals surface area contributed by atoms with Gasteiger partial charge in [0.05, 0.1) is 11.0 Å². The number of carbonyl (C=O) groups excluding carboxylic acids is 1. The summed E-state index contributed by atoms with van der Waals surface area (Å²) in [5, 5.41) is 0.613. The van der Waals surface area contributed by atoms with Crippen LogP contribution < -0.4 is 5.43 Å². The average Bonchev–Trinajstić information content (AvgIpc) is 3.54. The van der Waals surface area contributed by atoms with Crippen LogP contribution in [0.1, 0.15) is 72.9 Å². The molecular formula is C38H41N5O2. The summed E-state index contributed by atoms with van der Waals surface area (Å²) in [6.45, 7) is 4.62. The van der Waals surface area contributed by atoms with Crippen LogP contribution in [-0.4, -0.2) is 62.0 Å². The maximum Gasteiger partial charge on any atom is 0.270 e. The highest BCUT2D eigenvalue weighted by Crippen LogP contribution is 2.45. The molecule has 1 amide bonds. The molecule has 2 aromatic heterocycles. The molecule has 45 heavy (non-hydrogen) atoms. The fraction of sp³-hybridized carbons (Fsp3) is 0.395. The number of aryl methyl sites for hydroxylation is 1. The minimum Gasteiger partial charge on any atom is -0.350 e. The van der Waals surface area contributed by atoms with Gasteiger partial charge in [0.1, 0.15) is 11.5 Å². The van der Waals surface area contributed by atoms with Gasteiger partial charge < -0.3 is 14.5 Å². The van der Waals surface area contributed by atoms with Crippen molar-refractivity contribution in [2.75, 3.05) is 19.6 Å². The minimum atomic E-state index is -0.113. The number of amides is 1. The van der Waals surface area contributed by atoms with E-state index in [0.29, 0.717) is 47.8 Å². The van der Waals surface area contributed by atoms with Gasteiger partial charge in [-0.15, -0.1) is 0 Å². The zero-order valence-electron chi connectivity index (χ0n) is 26.0. The van der Waals surface area contributed by atoms with Gasteiger partial charge in [0, 0.05) is 48.2 Å². The number of benzene rings is 3. The van der Waals surface area contributed by atoms with E-state index in [-0.39, 0.29) is 16.8 Å². The molecule has 2 bridgehead atoms. The van der Waals surface area contributed by atoms with E-state index in [1.54, 1.807) is 6.07 Å². The van der Waals surface area contributed by atoms with Crippen LogP contribution in [-0.2, 0) is 5.41 Å². The van der Waals surface area contributed by atoms with Gasteiger partial charge in [0.25, 0.3) is 5.91 Å². The smallest absolute Gasteiger partial charge is 0.270 e. The highest BCUT2D eigenvalue weighted by Gasteiger charge is 2.44. The van der Waals surface area contributed by atoms with Crippen molar-refractivity contribution in [3.05, 3.63) is 112 Å². The molecular weight excluding hydrogens is 558 g/mol. The van der Waals surface area contributed by atoms with Crippen LogP contribution in [0.3, 0.4) is 0 Å². The number of piperidine rings is 2. The third kappa shape index (κ3) is 4.98. The number of nitrogens with zero attached hydrogens (tertiary/aromatic N) is 4. The zero-order valence-corrected chi connectivity index (χ0v) is 26.0. The molecule has 3 aliphatic heterocycles. The Kier molecular flexibility index (Phi) is 7.09. The van der Waals surface area contributed by atoms with Gasteiger partial charge in [-0.2, -0.15) is 0 Å². The Balaban J connectivity index is 0.986. The second kappa shape index (κ2) is 11.3. The van der Waals surface area contributed by atoms with Crippen molar-refractivity contribution < 1.29 is 4.79 Å². The topological polar surface area (TPSA) is 74.2 Å². The molecule has 0 unspecified atom stereocenters. The summed E-state index contributed by atoms with van der Waals surface area (Å²) in [5.74, 6) is 1.05. The van der Waals surface area contributed by atoms with Crippen LogP contribution in [0.4, 0.5) is 0 Å². The van der Waals surface area contributed by atoms with E-state index < -0.39 is 0 Å². The number of hydrogen-bond donors (Lipinski definition) is 1. The molecule has 3 aliphatic rings. The van der Waals surface area contributed by atoms with Crippen molar-refractivity contribution in [2.45, 2.75) is 75.4 Å². The second-order valence-corrected chi connectivity index (χ2v) is 13.5. The molecule has 0 radical (unpaired) electrons. The van der Waals surface area contributed by atoms with E-state index in [0.717, 1.165) is 37.1 Å². The maximum atomic E-state index is 13.6. The summed E-state index contributed by atoms with van der Waals surface area (Å²) in [6, 6.07) is 30.1. The Bertz CT molecular complexity index is 1910. The fourth-order valence-corrected chi connectivity index (χ4v) is 8.89. The number of pyridine rings is 1. The van der Waals surface area contributed by atoms with Gasteiger partial charge in [0.2, 0.25) is 0 Å². The first kappa shape index (κ1) is 28.3. The lowest BCUT2D eigenvalue weighted by molar-refractivity contribution is 0.0602. The van der Waals surface area contributed by atoms with Crippen LogP contribution >= 0.6 is 0 Å². The summed E-state index contributed by atoms with van der Waals surface area (Å²) in [6.07, 6.45) is 7.86. The molecule has 0 saturated carbocycles. The van der Waals surface area contributed by atoms with Gasteiger partial charge in [-0.05, 0) is 93.7 Å². The van der Waals surface area contributed by atoms with E-state index in [2.05, 4.69) is 76.0 Å². The normalized spacial score (nSPS) is 23.1. The molecule has 5 heterocycles. The third-order valence-corrected chi connectivity index (χ3v) is 11.2. The monoisotopic (exact) mass is 599 g/mol. The molecule has 230 valence electrons. The number of para-hydroxylation sites is 3. The van der Waals surface area contributed by atoms with Crippen LogP contribution in [0.25, 0.3) is 21.9 Å². The van der Waals surface area contributed by atoms with Crippen molar-refractivity contribution in [1.29, 1.82) is 0 Å². The molecule has 3 atom stereocenters. The molecule has 0 spiro atoms. The number of fused-ring (bicyclic) bond motifs is 4. The summed E-state index contributed by atoms with van der Waals surface area (Å²) in [4.78, 5) is 39.2. The van der Waals surface area contributed by atoms with Gasteiger partial charge in [-0.1, -0.05) is 54.6 Å². The largest absolute Gasteiger partial charge is 0.350 e. The van der Waals surface area contributed by atoms with Crippen molar-refractivity contribution >= 4 is 27.8 Å². The third-order valence-electron chi connectivity index (χ3n) is 11.2. The Hall–Kier alpha value is -4.23. The summed E-state index contributed by atoms with van der Waals surface area (Å²) < 4.78 is 2.51. The lowest BCUT2D eigenvalue weighted by Gasteiger charge is -2.45. The van der Waals surface area contributed by atoms with Gasteiger partial charge in [-0.3, -0.25) is 14.5 Å². The summed E-state index contributed by atoms with van der Waals surface area (Å²) >= 11 is 0. The van der Waals surface area contributed by atoms with Crippen molar-refractivity contribution in [3.63, 3.8) is 0 Å². The van der Waals surface area contributed by atoms with Gasteiger partial charge in [-0.25, -0.2) is 4.98 Å². The average molecular weight is 600 g/mol. The fourth-order valence-electron chi connectivity index (χ4n) is 8.89. The molecule has 7 nitrogen and oxygen atoms in total. The minimum absolute atomic E-state index is 0.0300. The maximum absolute atomic E-state index is 13.6. The first-order chi connectivity index (χ1) is 22.0. The van der Waals surface area contributed by atoms with E-state index >= 15 is 0 Å². The highest BCUT2D eigenvalue weighted by atomic mass is 16.2. The Morgan fingerprint density at radius 1 is 0.889 bits per heavy atom. The number of imidazole rings is 1. The first-order valence-corrected chi connectivity index (χ1v) is 16.7. The molecule has 0 aliphatic carbocycles.